The van der Waals surface area contributed by atoms with Crippen LogP contribution in [0, 0.1) is 0 Å². The summed E-state index contributed by atoms with van der Waals surface area (Å²) in [6, 6.07) is 6.94. The molecule has 0 aliphatic carbocycles. The molecule has 4 nitrogen and oxygen atoms in total. The summed E-state index contributed by atoms with van der Waals surface area (Å²) < 4.78 is 10.2. The van der Waals surface area contributed by atoms with Gasteiger partial charge in [-0.2, -0.15) is 0 Å². The Morgan fingerprint density at radius 3 is 2.29 bits per heavy atom. The Morgan fingerprint density at radius 1 is 1.24 bits per heavy atom. The maximum absolute atomic E-state index is 11.2. The lowest BCUT2D eigenvalue weighted by Gasteiger charge is -2.10. The summed E-state index contributed by atoms with van der Waals surface area (Å²) >= 11 is 0. The van der Waals surface area contributed by atoms with Crippen LogP contribution in [-0.4, -0.2) is 23.8 Å². The van der Waals surface area contributed by atoms with Crippen molar-refractivity contribution >= 4 is 5.97 Å². The van der Waals surface area contributed by atoms with Crippen LogP contribution in [0.4, 0.5) is 0 Å². The van der Waals surface area contributed by atoms with Gasteiger partial charge in [0.2, 0.25) is 0 Å². The summed E-state index contributed by atoms with van der Waals surface area (Å²) in [5.74, 6) is 0.190. The molecule has 0 amide bonds. The predicted molar refractivity (Wildman–Crippen MR) is 63.8 cm³/mol. The second kappa shape index (κ2) is 6.25. The van der Waals surface area contributed by atoms with Crippen molar-refractivity contribution in [3.8, 4) is 5.75 Å². The molecule has 0 saturated carbocycles. The molecule has 0 aliphatic heterocycles. The van der Waals surface area contributed by atoms with Gasteiger partial charge in [0.05, 0.1) is 12.2 Å². The minimum atomic E-state index is -0.505. The minimum absolute atomic E-state index is 0.105. The molecule has 4 heteroatoms. The number of aliphatic hydroxyl groups is 1. The smallest absolute Gasteiger partial charge is 0.344 e. The first-order valence-electron chi connectivity index (χ1n) is 5.59. The topological polar surface area (TPSA) is 55.8 Å². The minimum Gasteiger partial charge on any atom is -0.482 e. The molecule has 0 bridgehead atoms. The van der Waals surface area contributed by atoms with E-state index in [1.54, 1.807) is 45.0 Å². The number of carbonyl (C=O) groups is 1. The third-order valence-corrected chi connectivity index (χ3v) is 2.09. The van der Waals surface area contributed by atoms with Crippen LogP contribution in [0.2, 0.25) is 0 Å². The van der Waals surface area contributed by atoms with Crippen LogP contribution in [0.25, 0.3) is 0 Å². The molecule has 0 aliphatic rings. The molecule has 94 valence electrons. The van der Waals surface area contributed by atoms with E-state index in [0.29, 0.717) is 5.75 Å². The largest absolute Gasteiger partial charge is 0.482 e. The fourth-order valence-corrected chi connectivity index (χ4v) is 1.28. The van der Waals surface area contributed by atoms with Crippen LogP contribution in [-0.2, 0) is 9.53 Å². The second-order valence-corrected chi connectivity index (χ2v) is 4.07. The number of hydrogen-bond donors (Lipinski definition) is 1. The standard InChI is InChI=1S/C13H18O4/c1-9(2)17-13(15)8-16-12-6-4-11(5-7-12)10(3)14/h4-7,9-10,14H,8H2,1-3H3/t10-/m0/s1. The van der Waals surface area contributed by atoms with Crippen LogP contribution in [0.15, 0.2) is 24.3 Å². The summed E-state index contributed by atoms with van der Waals surface area (Å²) in [4.78, 5) is 11.2. The molecule has 17 heavy (non-hydrogen) atoms. The number of rotatable bonds is 5. The molecule has 0 radical (unpaired) electrons. The van der Waals surface area contributed by atoms with Crippen molar-refractivity contribution in [2.45, 2.75) is 33.0 Å². The van der Waals surface area contributed by atoms with Gasteiger partial charge in [0.25, 0.3) is 0 Å². The number of hydrogen-bond acceptors (Lipinski definition) is 4. The van der Waals surface area contributed by atoms with Gasteiger partial charge in [-0.3, -0.25) is 0 Å². The van der Waals surface area contributed by atoms with E-state index in [0.717, 1.165) is 5.56 Å². The SMILES string of the molecule is CC(C)OC(=O)COc1ccc([C@H](C)O)cc1. The molecule has 1 atom stereocenters. The molecule has 0 spiro atoms. The van der Waals surface area contributed by atoms with Crippen LogP contribution in [0.1, 0.15) is 32.4 Å². The average Bonchev–Trinajstić information content (AvgIpc) is 2.26. The van der Waals surface area contributed by atoms with Gasteiger partial charge in [-0.15, -0.1) is 0 Å². The van der Waals surface area contributed by atoms with E-state index in [1.807, 2.05) is 0 Å². The zero-order valence-electron chi connectivity index (χ0n) is 10.3. The van der Waals surface area contributed by atoms with E-state index >= 15 is 0 Å². The Labute approximate surface area is 101 Å². The van der Waals surface area contributed by atoms with Gasteiger partial charge >= 0.3 is 5.97 Å². The van der Waals surface area contributed by atoms with Gasteiger partial charge in [-0.25, -0.2) is 4.79 Å². The number of aliphatic hydroxyl groups excluding tert-OH is 1. The monoisotopic (exact) mass is 238 g/mol. The van der Waals surface area contributed by atoms with E-state index in [1.165, 1.54) is 0 Å². The highest BCUT2D eigenvalue weighted by molar-refractivity contribution is 5.71. The fraction of sp³-hybridized carbons (Fsp3) is 0.462. The van der Waals surface area contributed by atoms with Crippen molar-refractivity contribution < 1.29 is 19.4 Å². The summed E-state index contributed by atoms with van der Waals surface area (Å²) in [6.07, 6.45) is -0.640. The first-order valence-corrected chi connectivity index (χ1v) is 5.59. The highest BCUT2D eigenvalue weighted by Gasteiger charge is 2.06. The van der Waals surface area contributed by atoms with Gasteiger partial charge in [-0.1, -0.05) is 12.1 Å². The predicted octanol–water partition coefficient (Wildman–Crippen LogP) is 2.07. The van der Waals surface area contributed by atoms with E-state index in [-0.39, 0.29) is 18.7 Å². The van der Waals surface area contributed by atoms with Gasteiger partial charge in [0, 0.05) is 0 Å². The van der Waals surface area contributed by atoms with Gasteiger partial charge in [-0.05, 0) is 38.5 Å². The van der Waals surface area contributed by atoms with Crippen LogP contribution in [0.3, 0.4) is 0 Å². The Balaban J connectivity index is 2.44. The van der Waals surface area contributed by atoms with Crippen molar-refractivity contribution in [3.05, 3.63) is 29.8 Å². The van der Waals surface area contributed by atoms with Crippen molar-refractivity contribution in [1.82, 2.24) is 0 Å². The highest BCUT2D eigenvalue weighted by atomic mass is 16.6. The maximum atomic E-state index is 11.2. The zero-order chi connectivity index (χ0) is 12.8. The first-order chi connectivity index (χ1) is 7.99. The lowest BCUT2D eigenvalue weighted by Crippen LogP contribution is -2.18. The Kier molecular flexibility index (Phi) is 4.97. The van der Waals surface area contributed by atoms with Crippen LogP contribution >= 0.6 is 0 Å². The molecule has 0 aromatic heterocycles. The lowest BCUT2D eigenvalue weighted by atomic mass is 10.1. The Hall–Kier alpha value is -1.55. The Morgan fingerprint density at radius 2 is 1.82 bits per heavy atom. The number of esters is 1. The maximum Gasteiger partial charge on any atom is 0.344 e. The van der Waals surface area contributed by atoms with Crippen LogP contribution < -0.4 is 4.74 Å². The molecular weight excluding hydrogens is 220 g/mol. The van der Waals surface area contributed by atoms with E-state index in [4.69, 9.17) is 9.47 Å². The summed E-state index contributed by atoms with van der Waals surface area (Å²) in [5, 5.41) is 9.32. The highest BCUT2D eigenvalue weighted by Crippen LogP contribution is 2.17. The molecule has 1 rings (SSSR count). The van der Waals surface area contributed by atoms with E-state index in [2.05, 4.69) is 0 Å². The molecule has 0 fully saturated rings. The molecular formula is C13H18O4. The first kappa shape index (κ1) is 13.5. The van der Waals surface area contributed by atoms with E-state index < -0.39 is 6.10 Å². The zero-order valence-corrected chi connectivity index (χ0v) is 10.3. The van der Waals surface area contributed by atoms with Crippen LogP contribution in [0.5, 0.6) is 5.75 Å². The van der Waals surface area contributed by atoms with Crippen molar-refractivity contribution in [2.75, 3.05) is 6.61 Å². The summed E-state index contributed by atoms with van der Waals surface area (Å²) in [6.45, 7) is 5.16. The van der Waals surface area contributed by atoms with Crippen molar-refractivity contribution in [1.29, 1.82) is 0 Å². The van der Waals surface area contributed by atoms with Gasteiger partial charge < -0.3 is 14.6 Å². The molecule has 0 heterocycles. The molecule has 1 aromatic carbocycles. The third kappa shape index (κ3) is 4.87. The second-order valence-electron chi connectivity index (χ2n) is 4.07. The number of ether oxygens (including phenoxy) is 2. The molecule has 1 N–H and O–H groups in total. The van der Waals surface area contributed by atoms with Gasteiger partial charge in [0.15, 0.2) is 6.61 Å². The summed E-state index contributed by atoms with van der Waals surface area (Å²) in [7, 11) is 0. The van der Waals surface area contributed by atoms with Crippen molar-refractivity contribution in [2.24, 2.45) is 0 Å². The quantitative estimate of drug-likeness (QED) is 0.798. The Bertz CT molecular complexity index is 354. The average molecular weight is 238 g/mol. The number of carbonyl (C=O) groups excluding carboxylic acids is 1. The normalized spacial score (nSPS) is 12.3. The fourth-order valence-electron chi connectivity index (χ4n) is 1.28. The lowest BCUT2D eigenvalue weighted by molar-refractivity contribution is -0.149. The van der Waals surface area contributed by atoms with Gasteiger partial charge in [0.1, 0.15) is 5.75 Å². The van der Waals surface area contributed by atoms with Crippen molar-refractivity contribution in [3.63, 3.8) is 0 Å². The molecule has 0 saturated heterocycles. The number of benzene rings is 1. The summed E-state index contributed by atoms with van der Waals surface area (Å²) in [5.41, 5.74) is 0.808. The molecule has 1 aromatic rings. The third-order valence-electron chi connectivity index (χ3n) is 2.09. The van der Waals surface area contributed by atoms with E-state index in [9.17, 15) is 9.90 Å². The molecule has 0 unspecified atom stereocenters.